The van der Waals surface area contributed by atoms with E-state index < -0.39 is 6.09 Å². The third-order valence-electron chi connectivity index (χ3n) is 3.78. The Balaban J connectivity index is 1.90. The highest BCUT2D eigenvalue weighted by Crippen LogP contribution is 2.48. The first-order chi connectivity index (χ1) is 7.20. The summed E-state index contributed by atoms with van der Waals surface area (Å²) in [5.41, 5.74) is 3.44. The molecule has 2 bridgehead atoms. The van der Waals surface area contributed by atoms with E-state index in [1.807, 2.05) is 6.92 Å². The summed E-state index contributed by atoms with van der Waals surface area (Å²) < 4.78 is 4.47. The summed E-state index contributed by atoms with van der Waals surface area (Å²) in [5.74, 6) is 2.29. The van der Waals surface area contributed by atoms with Crippen LogP contribution in [-0.2, 0) is 4.74 Å². The van der Waals surface area contributed by atoms with Gasteiger partial charge in [0, 0.05) is 11.6 Å². The van der Waals surface area contributed by atoms with Crippen LogP contribution in [0.5, 0.6) is 0 Å². The molecule has 2 aliphatic carbocycles. The maximum Gasteiger partial charge on any atom is 0.427 e. The fourth-order valence-corrected chi connectivity index (χ4v) is 3.02. The molecule has 1 N–H and O–H groups in total. The number of hydrazone groups is 1. The topological polar surface area (TPSA) is 50.7 Å². The average molecular weight is 210 g/mol. The Kier molecular flexibility index (Phi) is 2.93. The van der Waals surface area contributed by atoms with Crippen LogP contribution in [0.1, 0.15) is 32.6 Å². The predicted octanol–water partition coefficient (Wildman–Crippen LogP) is 2.15. The van der Waals surface area contributed by atoms with E-state index in [9.17, 15) is 4.79 Å². The van der Waals surface area contributed by atoms with Gasteiger partial charge in [-0.15, -0.1) is 0 Å². The number of amides is 1. The SMILES string of the molecule is COC(=O)NN=C(C)C1CC2CCC1C2. The van der Waals surface area contributed by atoms with Gasteiger partial charge in [0.25, 0.3) is 0 Å². The molecule has 2 aliphatic rings. The number of hydrogen-bond acceptors (Lipinski definition) is 3. The molecule has 84 valence electrons. The van der Waals surface area contributed by atoms with Crippen molar-refractivity contribution in [2.24, 2.45) is 22.9 Å². The molecule has 0 spiro atoms. The highest BCUT2D eigenvalue weighted by atomic mass is 16.5. The number of nitrogens with one attached hydrogen (secondary N) is 1. The molecule has 0 aromatic rings. The Labute approximate surface area is 90.1 Å². The molecule has 3 atom stereocenters. The minimum atomic E-state index is -0.488. The summed E-state index contributed by atoms with van der Waals surface area (Å²) in [5, 5.41) is 4.09. The molecule has 0 saturated heterocycles. The molecule has 1 amide bonds. The van der Waals surface area contributed by atoms with Crippen LogP contribution in [0.25, 0.3) is 0 Å². The van der Waals surface area contributed by atoms with Crippen molar-refractivity contribution in [3.63, 3.8) is 0 Å². The number of fused-ring (bicyclic) bond motifs is 2. The second kappa shape index (κ2) is 4.21. The number of ether oxygens (including phenoxy) is 1. The zero-order chi connectivity index (χ0) is 10.8. The molecule has 2 rings (SSSR count). The molecule has 2 saturated carbocycles. The summed E-state index contributed by atoms with van der Waals surface area (Å²) >= 11 is 0. The molecule has 15 heavy (non-hydrogen) atoms. The van der Waals surface area contributed by atoms with Gasteiger partial charge in [0.05, 0.1) is 7.11 Å². The van der Waals surface area contributed by atoms with Crippen LogP contribution in [0.2, 0.25) is 0 Å². The maximum atomic E-state index is 10.9. The Hall–Kier alpha value is -1.06. The van der Waals surface area contributed by atoms with Crippen LogP contribution >= 0.6 is 0 Å². The van der Waals surface area contributed by atoms with E-state index in [2.05, 4.69) is 15.3 Å². The molecule has 0 heterocycles. The summed E-state index contributed by atoms with van der Waals surface area (Å²) in [7, 11) is 1.34. The van der Waals surface area contributed by atoms with Gasteiger partial charge in [-0.2, -0.15) is 5.10 Å². The smallest absolute Gasteiger partial charge is 0.427 e. The summed E-state index contributed by atoms with van der Waals surface area (Å²) in [6.45, 7) is 2.00. The number of hydrogen-bond donors (Lipinski definition) is 1. The monoisotopic (exact) mass is 210 g/mol. The van der Waals surface area contributed by atoms with Gasteiger partial charge < -0.3 is 4.74 Å². The minimum absolute atomic E-state index is 0.488. The number of carbonyl (C=O) groups excluding carboxylic acids is 1. The molecular weight excluding hydrogens is 192 g/mol. The van der Waals surface area contributed by atoms with Gasteiger partial charge in [0.1, 0.15) is 0 Å². The van der Waals surface area contributed by atoms with Crippen molar-refractivity contribution >= 4 is 11.8 Å². The average Bonchev–Trinajstić information content (AvgIpc) is 2.86. The Morgan fingerprint density at radius 3 is 2.73 bits per heavy atom. The molecule has 0 aromatic carbocycles. The molecular formula is C11H18N2O2. The first-order valence-electron chi connectivity index (χ1n) is 5.59. The van der Waals surface area contributed by atoms with Crippen LogP contribution in [0.3, 0.4) is 0 Å². The fraction of sp³-hybridized carbons (Fsp3) is 0.818. The molecule has 4 nitrogen and oxygen atoms in total. The summed E-state index contributed by atoms with van der Waals surface area (Å²) in [6, 6.07) is 0. The van der Waals surface area contributed by atoms with Crippen molar-refractivity contribution in [3.8, 4) is 0 Å². The number of carbonyl (C=O) groups is 1. The number of nitrogens with zero attached hydrogens (tertiary/aromatic N) is 1. The number of rotatable bonds is 2. The largest absolute Gasteiger partial charge is 0.452 e. The van der Waals surface area contributed by atoms with E-state index in [1.165, 1.54) is 32.8 Å². The van der Waals surface area contributed by atoms with E-state index in [0.29, 0.717) is 5.92 Å². The first-order valence-corrected chi connectivity index (χ1v) is 5.59. The molecule has 0 aromatic heterocycles. The highest BCUT2D eigenvalue weighted by molar-refractivity contribution is 5.86. The van der Waals surface area contributed by atoms with Gasteiger partial charge in [-0.1, -0.05) is 6.42 Å². The molecule has 0 aliphatic heterocycles. The standard InChI is InChI=1S/C11H18N2O2/c1-7(12-13-11(14)15-2)10-6-8-3-4-9(10)5-8/h8-10H,3-6H2,1-2H3,(H,13,14). The van der Waals surface area contributed by atoms with Crippen molar-refractivity contribution in [2.45, 2.75) is 32.6 Å². The van der Waals surface area contributed by atoms with Crippen molar-refractivity contribution in [2.75, 3.05) is 7.11 Å². The fourth-order valence-electron chi connectivity index (χ4n) is 3.02. The van der Waals surface area contributed by atoms with Crippen LogP contribution in [-0.4, -0.2) is 18.9 Å². The van der Waals surface area contributed by atoms with Crippen molar-refractivity contribution < 1.29 is 9.53 Å². The molecule has 0 radical (unpaired) electrons. The summed E-state index contributed by atoms with van der Waals surface area (Å²) in [6.07, 6.45) is 4.84. The molecule has 4 heteroatoms. The molecule has 2 fully saturated rings. The van der Waals surface area contributed by atoms with Crippen LogP contribution < -0.4 is 5.43 Å². The lowest BCUT2D eigenvalue weighted by Gasteiger charge is -2.20. The second-order valence-corrected chi connectivity index (χ2v) is 4.64. The normalized spacial score (nSPS) is 34.3. The zero-order valence-electron chi connectivity index (χ0n) is 9.32. The van der Waals surface area contributed by atoms with Gasteiger partial charge in [-0.3, -0.25) is 0 Å². The van der Waals surface area contributed by atoms with Gasteiger partial charge >= 0.3 is 6.09 Å². The van der Waals surface area contributed by atoms with Gasteiger partial charge in [0.2, 0.25) is 0 Å². The lowest BCUT2D eigenvalue weighted by molar-refractivity contribution is 0.171. The van der Waals surface area contributed by atoms with Crippen LogP contribution in [0, 0.1) is 17.8 Å². The van der Waals surface area contributed by atoms with Crippen molar-refractivity contribution in [1.29, 1.82) is 0 Å². The second-order valence-electron chi connectivity index (χ2n) is 4.64. The van der Waals surface area contributed by atoms with Crippen LogP contribution in [0.4, 0.5) is 4.79 Å². The predicted molar refractivity (Wildman–Crippen MR) is 57.6 cm³/mol. The highest BCUT2D eigenvalue weighted by Gasteiger charge is 2.40. The van der Waals surface area contributed by atoms with Crippen LogP contribution in [0.15, 0.2) is 5.10 Å². The lowest BCUT2D eigenvalue weighted by atomic mass is 9.86. The lowest BCUT2D eigenvalue weighted by Crippen LogP contribution is -2.24. The Bertz CT molecular complexity index is 288. The van der Waals surface area contributed by atoms with Crippen molar-refractivity contribution in [1.82, 2.24) is 5.43 Å². The van der Waals surface area contributed by atoms with Gasteiger partial charge in [-0.25, -0.2) is 10.2 Å². The van der Waals surface area contributed by atoms with Gasteiger partial charge in [-0.05, 0) is 38.0 Å². The minimum Gasteiger partial charge on any atom is -0.452 e. The third kappa shape index (κ3) is 2.13. The van der Waals surface area contributed by atoms with E-state index in [0.717, 1.165) is 17.5 Å². The maximum absolute atomic E-state index is 10.9. The number of methoxy groups -OCH3 is 1. The zero-order valence-corrected chi connectivity index (χ0v) is 9.32. The third-order valence-corrected chi connectivity index (χ3v) is 3.78. The summed E-state index contributed by atoms with van der Waals surface area (Å²) in [4.78, 5) is 10.9. The van der Waals surface area contributed by atoms with Gasteiger partial charge in [0.15, 0.2) is 0 Å². The van der Waals surface area contributed by atoms with E-state index >= 15 is 0 Å². The molecule has 3 unspecified atom stereocenters. The Morgan fingerprint density at radius 1 is 1.40 bits per heavy atom. The quantitative estimate of drug-likeness (QED) is 0.561. The first kappa shape index (κ1) is 10.5. The van der Waals surface area contributed by atoms with Crippen molar-refractivity contribution in [3.05, 3.63) is 0 Å². The van der Waals surface area contributed by atoms with E-state index in [-0.39, 0.29) is 0 Å². The van der Waals surface area contributed by atoms with E-state index in [1.54, 1.807) is 0 Å². The Morgan fingerprint density at radius 2 is 2.20 bits per heavy atom. The van der Waals surface area contributed by atoms with E-state index in [4.69, 9.17) is 0 Å².